The Morgan fingerprint density at radius 3 is 2.64 bits per heavy atom. The number of pyridine rings is 1. The monoisotopic (exact) mass is 460 g/mol. The van der Waals surface area contributed by atoms with Gasteiger partial charge in [0.05, 0.1) is 18.8 Å². The number of nitrogens with zero attached hydrogens (tertiary/aromatic N) is 3. The van der Waals surface area contributed by atoms with Crippen molar-refractivity contribution in [3.05, 3.63) is 94.8 Å². The van der Waals surface area contributed by atoms with E-state index in [1.807, 2.05) is 66.9 Å². The second kappa shape index (κ2) is 9.65. The van der Waals surface area contributed by atoms with E-state index in [1.165, 1.54) is 0 Å². The van der Waals surface area contributed by atoms with Crippen molar-refractivity contribution in [2.75, 3.05) is 31.2 Å². The van der Waals surface area contributed by atoms with Gasteiger partial charge in [0.25, 0.3) is 5.91 Å². The first kappa shape index (κ1) is 21.5. The highest BCUT2D eigenvalue weighted by Gasteiger charge is 2.18. The summed E-state index contributed by atoms with van der Waals surface area (Å²) in [6.07, 6.45) is 3.72. The molecule has 2 aromatic carbocycles. The quantitative estimate of drug-likeness (QED) is 0.460. The van der Waals surface area contributed by atoms with Gasteiger partial charge in [0.1, 0.15) is 5.82 Å². The molecule has 1 aliphatic rings. The molecule has 5 rings (SSSR count). The number of carbonyl (C=O) groups excluding carboxylic acids is 1. The van der Waals surface area contributed by atoms with Crippen molar-refractivity contribution in [1.29, 1.82) is 0 Å². The molecule has 1 aliphatic heterocycles. The molecule has 0 bridgehead atoms. The Morgan fingerprint density at radius 2 is 1.82 bits per heavy atom. The molecule has 0 unspecified atom stereocenters. The number of hydrogen-bond donors (Lipinski definition) is 1. The standard InChI is InChI=1S/C26H25ClN4O2/c27-21-9-7-19(8-10-21)17-31-18-23(22-5-1-2-6-24(22)31)26(32)29-16-20-4-3-11-28-25(20)30-12-14-33-15-13-30/h1-11,18H,12-17H2,(H,29,32). The summed E-state index contributed by atoms with van der Waals surface area (Å²) in [5, 5.41) is 4.75. The van der Waals surface area contributed by atoms with Gasteiger partial charge in [-0.1, -0.05) is 48.0 Å². The van der Waals surface area contributed by atoms with E-state index in [-0.39, 0.29) is 5.91 Å². The predicted octanol–water partition coefficient (Wildman–Crippen LogP) is 4.50. The number of fused-ring (bicyclic) bond motifs is 1. The maximum atomic E-state index is 13.2. The number of morpholine rings is 1. The van der Waals surface area contributed by atoms with Crippen LogP contribution in [0.5, 0.6) is 0 Å². The number of aromatic nitrogens is 2. The van der Waals surface area contributed by atoms with Crippen molar-refractivity contribution in [2.24, 2.45) is 0 Å². The van der Waals surface area contributed by atoms with Crippen LogP contribution in [0.3, 0.4) is 0 Å². The predicted molar refractivity (Wildman–Crippen MR) is 131 cm³/mol. The lowest BCUT2D eigenvalue weighted by Crippen LogP contribution is -2.37. The minimum absolute atomic E-state index is 0.0992. The summed E-state index contributed by atoms with van der Waals surface area (Å²) in [4.78, 5) is 20.0. The number of ether oxygens (including phenoxy) is 1. The van der Waals surface area contributed by atoms with Gasteiger partial charge >= 0.3 is 0 Å². The van der Waals surface area contributed by atoms with E-state index in [0.717, 1.165) is 40.9 Å². The highest BCUT2D eigenvalue weighted by atomic mass is 35.5. The number of halogens is 1. The largest absolute Gasteiger partial charge is 0.378 e. The van der Waals surface area contributed by atoms with Crippen molar-refractivity contribution < 1.29 is 9.53 Å². The number of nitrogens with one attached hydrogen (secondary N) is 1. The molecule has 4 aromatic rings. The van der Waals surface area contributed by atoms with Crippen molar-refractivity contribution in [3.63, 3.8) is 0 Å². The molecule has 168 valence electrons. The lowest BCUT2D eigenvalue weighted by molar-refractivity contribution is 0.0952. The number of carbonyl (C=O) groups is 1. The van der Waals surface area contributed by atoms with Gasteiger partial charge in [-0.15, -0.1) is 0 Å². The van der Waals surface area contributed by atoms with E-state index >= 15 is 0 Å². The minimum Gasteiger partial charge on any atom is -0.378 e. The van der Waals surface area contributed by atoms with E-state index in [0.29, 0.717) is 36.9 Å². The lowest BCUT2D eigenvalue weighted by Gasteiger charge is -2.29. The Labute approximate surface area is 197 Å². The Hall–Kier alpha value is -3.35. The molecule has 1 fully saturated rings. The number of hydrogen-bond acceptors (Lipinski definition) is 4. The Balaban J connectivity index is 1.37. The summed E-state index contributed by atoms with van der Waals surface area (Å²) < 4.78 is 7.57. The number of para-hydroxylation sites is 1. The fourth-order valence-corrected chi connectivity index (χ4v) is 4.37. The third-order valence-electron chi connectivity index (χ3n) is 5.92. The summed E-state index contributed by atoms with van der Waals surface area (Å²) in [6, 6.07) is 19.7. The topological polar surface area (TPSA) is 59.4 Å². The van der Waals surface area contributed by atoms with Gasteiger partial charge < -0.3 is 19.5 Å². The first-order valence-corrected chi connectivity index (χ1v) is 11.4. The number of anilines is 1. The molecule has 33 heavy (non-hydrogen) atoms. The van der Waals surface area contributed by atoms with Gasteiger partial charge in [-0.25, -0.2) is 4.98 Å². The second-order valence-electron chi connectivity index (χ2n) is 8.08. The zero-order chi connectivity index (χ0) is 22.6. The molecule has 0 atom stereocenters. The molecule has 1 saturated heterocycles. The van der Waals surface area contributed by atoms with Crippen LogP contribution in [-0.2, 0) is 17.8 Å². The average Bonchev–Trinajstić information content (AvgIpc) is 3.23. The maximum absolute atomic E-state index is 13.2. The summed E-state index contributed by atoms with van der Waals surface area (Å²) >= 11 is 6.03. The van der Waals surface area contributed by atoms with Crippen LogP contribution in [0.4, 0.5) is 5.82 Å². The van der Waals surface area contributed by atoms with Crippen LogP contribution in [0.2, 0.25) is 5.02 Å². The van der Waals surface area contributed by atoms with Gasteiger partial charge in [0.15, 0.2) is 0 Å². The molecular formula is C26H25ClN4O2. The molecule has 1 amide bonds. The van der Waals surface area contributed by atoms with Crippen molar-refractivity contribution >= 4 is 34.2 Å². The van der Waals surface area contributed by atoms with Crippen molar-refractivity contribution in [3.8, 4) is 0 Å². The first-order chi connectivity index (χ1) is 16.2. The Kier molecular flexibility index (Phi) is 6.28. The SMILES string of the molecule is O=C(NCc1cccnc1N1CCOCC1)c1cn(Cc2ccc(Cl)cc2)c2ccccc12. The summed E-state index contributed by atoms with van der Waals surface area (Å²) in [5.74, 6) is 0.809. The molecular weight excluding hydrogens is 436 g/mol. The van der Waals surface area contributed by atoms with Gasteiger partial charge in [-0.05, 0) is 29.8 Å². The molecule has 0 radical (unpaired) electrons. The second-order valence-corrected chi connectivity index (χ2v) is 8.52. The average molecular weight is 461 g/mol. The van der Waals surface area contributed by atoms with Gasteiger partial charge in [-0.3, -0.25) is 4.79 Å². The smallest absolute Gasteiger partial charge is 0.253 e. The zero-order valence-electron chi connectivity index (χ0n) is 18.2. The third kappa shape index (κ3) is 4.72. The van der Waals surface area contributed by atoms with Crippen LogP contribution in [-0.4, -0.2) is 41.8 Å². The summed E-state index contributed by atoms with van der Waals surface area (Å²) in [7, 11) is 0. The summed E-state index contributed by atoms with van der Waals surface area (Å²) in [6.45, 7) is 4.06. The molecule has 2 aromatic heterocycles. The number of amides is 1. The van der Waals surface area contributed by atoms with Crippen LogP contribution in [0.15, 0.2) is 73.1 Å². The Bertz CT molecular complexity index is 1260. The highest BCUT2D eigenvalue weighted by Crippen LogP contribution is 2.24. The molecule has 0 saturated carbocycles. The van der Waals surface area contributed by atoms with Gasteiger partial charge in [-0.2, -0.15) is 0 Å². The number of rotatable bonds is 6. The molecule has 0 aliphatic carbocycles. The normalized spacial score (nSPS) is 13.9. The third-order valence-corrected chi connectivity index (χ3v) is 6.17. The zero-order valence-corrected chi connectivity index (χ0v) is 19.0. The summed E-state index contributed by atoms with van der Waals surface area (Å²) in [5.41, 5.74) is 3.81. The van der Waals surface area contributed by atoms with Crippen molar-refractivity contribution in [1.82, 2.24) is 14.9 Å². The molecule has 1 N–H and O–H groups in total. The highest BCUT2D eigenvalue weighted by molar-refractivity contribution is 6.30. The van der Waals surface area contributed by atoms with E-state index in [4.69, 9.17) is 16.3 Å². The lowest BCUT2D eigenvalue weighted by atomic mass is 10.1. The molecule has 3 heterocycles. The van der Waals surface area contributed by atoms with E-state index in [9.17, 15) is 4.79 Å². The van der Waals surface area contributed by atoms with E-state index in [1.54, 1.807) is 6.20 Å². The first-order valence-electron chi connectivity index (χ1n) is 11.1. The van der Waals surface area contributed by atoms with Crippen LogP contribution >= 0.6 is 11.6 Å². The van der Waals surface area contributed by atoms with E-state index < -0.39 is 0 Å². The molecule has 6 nitrogen and oxygen atoms in total. The van der Waals surface area contributed by atoms with Crippen LogP contribution < -0.4 is 10.2 Å². The number of benzene rings is 2. The van der Waals surface area contributed by atoms with Crippen molar-refractivity contribution in [2.45, 2.75) is 13.1 Å². The molecule has 7 heteroatoms. The van der Waals surface area contributed by atoms with Crippen LogP contribution in [0, 0.1) is 0 Å². The minimum atomic E-state index is -0.0992. The maximum Gasteiger partial charge on any atom is 0.253 e. The van der Waals surface area contributed by atoms with Crippen LogP contribution in [0.1, 0.15) is 21.5 Å². The van der Waals surface area contributed by atoms with Gasteiger partial charge in [0, 0.05) is 60.1 Å². The van der Waals surface area contributed by atoms with E-state index in [2.05, 4.69) is 19.8 Å². The van der Waals surface area contributed by atoms with Crippen LogP contribution in [0.25, 0.3) is 10.9 Å². The fraction of sp³-hybridized carbons (Fsp3) is 0.231. The fourth-order valence-electron chi connectivity index (χ4n) is 4.24. The van der Waals surface area contributed by atoms with Gasteiger partial charge in [0.2, 0.25) is 0 Å². The Morgan fingerprint density at radius 1 is 1.03 bits per heavy atom. The molecule has 0 spiro atoms.